The summed E-state index contributed by atoms with van der Waals surface area (Å²) in [4.78, 5) is 24.4. The summed E-state index contributed by atoms with van der Waals surface area (Å²) >= 11 is 5.04. The lowest BCUT2D eigenvalue weighted by molar-refractivity contribution is 0.0932. The first kappa shape index (κ1) is 21.2. The van der Waals surface area contributed by atoms with Crippen molar-refractivity contribution in [2.45, 2.75) is 13.8 Å². The van der Waals surface area contributed by atoms with Gasteiger partial charge in [0.15, 0.2) is 5.11 Å². The lowest BCUT2D eigenvalue weighted by Crippen LogP contribution is -2.48. The predicted molar refractivity (Wildman–Crippen MR) is 110 cm³/mol. The zero-order valence-corrected chi connectivity index (χ0v) is 16.8. The predicted octanol–water partition coefficient (Wildman–Crippen LogP) is 2.68. The summed E-state index contributed by atoms with van der Waals surface area (Å²) in [5.74, 6) is 0.684. The van der Waals surface area contributed by atoms with Gasteiger partial charge in [-0.1, -0.05) is 26.0 Å². The highest BCUT2D eigenvalue weighted by atomic mass is 32.1. The lowest BCUT2D eigenvalue weighted by Gasteiger charge is -2.13. The average molecular weight is 401 g/mol. The molecule has 0 aliphatic heterocycles. The number of hydrogen-bond donors (Lipinski definition) is 3. The van der Waals surface area contributed by atoms with Crippen molar-refractivity contribution in [1.82, 2.24) is 16.2 Å². The summed E-state index contributed by atoms with van der Waals surface area (Å²) < 4.78 is 10.7. The number of nitrogens with one attached hydrogen (secondary N) is 3. The van der Waals surface area contributed by atoms with E-state index in [1.807, 2.05) is 0 Å². The SMILES string of the molecule is COc1ccccc1C(=O)NNC(=S)NC(=O)c1ccc(OCC(C)C)cc1. The molecule has 0 saturated carbocycles. The van der Waals surface area contributed by atoms with Crippen molar-refractivity contribution in [2.75, 3.05) is 13.7 Å². The second-order valence-corrected chi connectivity index (χ2v) is 6.70. The van der Waals surface area contributed by atoms with Crippen LogP contribution < -0.4 is 25.6 Å². The molecule has 2 amide bonds. The third-order valence-corrected chi connectivity index (χ3v) is 3.77. The van der Waals surface area contributed by atoms with E-state index in [-0.39, 0.29) is 5.11 Å². The number of hydrazine groups is 1. The van der Waals surface area contributed by atoms with E-state index in [9.17, 15) is 9.59 Å². The number of ether oxygens (including phenoxy) is 2. The number of para-hydroxylation sites is 1. The van der Waals surface area contributed by atoms with Gasteiger partial charge in [0.25, 0.3) is 11.8 Å². The van der Waals surface area contributed by atoms with Gasteiger partial charge in [-0.05, 0) is 54.5 Å². The Morgan fingerprint density at radius 2 is 1.68 bits per heavy atom. The molecule has 28 heavy (non-hydrogen) atoms. The molecule has 7 nitrogen and oxygen atoms in total. The Hall–Kier alpha value is -3.13. The maximum atomic E-state index is 12.2. The van der Waals surface area contributed by atoms with Crippen molar-refractivity contribution in [2.24, 2.45) is 5.92 Å². The van der Waals surface area contributed by atoms with Gasteiger partial charge < -0.3 is 9.47 Å². The van der Waals surface area contributed by atoms with Crippen molar-refractivity contribution < 1.29 is 19.1 Å². The molecule has 8 heteroatoms. The standard InChI is InChI=1S/C20H23N3O4S/c1-13(2)12-27-15-10-8-14(9-11-15)18(24)21-20(28)23-22-19(25)16-6-4-5-7-17(16)26-3/h4-11,13H,12H2,1-3H3,(H,22,25)(H2,21,23,24,28). The molecule has 2 rings (SSSR count). The Bertz CT molecular complexity index is 838. The molecule has 0 saturated heterocycles. The fourth-order valence-corrected chi connectivity index (χ4v) is 2.33. The van der Waals surface area contributed by atoms with Crippen molar-refractivity contribution in [3.63, 3.8) is 0 Å². The number of benzene rings is 2. The van der Waals surface area contributed by atoms with Gasteiger partial charge in [0.2, 0.25) is 0 Å². The van der Waals surface area contributed by atoms with Gasteiger partial charge in [-0.25, -0.2) is 0 Å². The van der Waals surface area contributed by atoms with Crippen LogP contribution in [0.25, 0.3) is 0 Å². The number of hydrogen-bond acceptors (Lipinski definition) is 5. The normalized spacial score (nSPS) is 10.1. The summed E-state index contributed by atoms with van der Waals surface area (Å²) in [5.41, 5.74) is 5.67. The van der Waals surface area contributed by atoms with Crippen LogP contribution in [0.2, 0.25) is 0 Å². The molecule has 0 atom stereocenters. The molecule has 2 aromatic rings. The molecule has 0 aliphatic carbocycles. The van der Waals surface area contributed by atoms with Crippen LogP contribution in [0, 0.1) is 5.92 Å². The zero-order valence-electron chi connectivity index (χ0n) is 15.9. The molecule has 0 unspecified atom stereocenters. The Balaban J connectivity index is 1.85. The molecule has 0 radical (unpaired) electrons. The largest absolute Gasteiger partial charge is 0.496 e. The maximum absolute atomic E-state index is 12.2. The first-order chi connectivity index (χ1) is 13.4. The summed E-state index contributed by atoms with van der Waals surface area (Å²) in [6, 6.07) is 13.5. The quantitative estimate of drug-likeness (QED) is 0.510. The third-order valence-electron chi connectivity index (χ3n) is 3.57. The van der Waals surface area contributed by atoms with Gasteiger partial charge in [-0.3, -0.25) is 25.8 Å². The Morgan fingerprint density at radius 1 is 1.00 bits per heavy atom. The highest BCUT2D eigenvalue weighted by Gasteiger charge is 2.13. The first-order valence-corrected chi connectivity index (χ1v) is 9.09. The third kappa shape index (κ3) is 6.24. The van der Waals surface area contributed by atoms with Crippen molar-refractivity contribution in [3.8, 4) is 11.5 Å². The van der Waals surface area contributed by atoms with Crippen molar-refractivity contribution in [1.29, 1.82) is 0 Å². The van der Waals surface area contributed by atoms with Crippen LogP contribution in [0.4, 0.5) is 0 Å². The van der Waals surface area contributed by atoms with Gasteiger partial charge in [0.1, 0.15) is 11.5 Å². The summed E-state index contributed by atoms with van der Waals surface area (Å²) in [6.45, 7) is 4.72. The number of carbonyl (C=O) groups excluding carboxylic acids is 2. The van der Waals surface area contributed by atoms with E-state index < -0.39 is 11.8 Å². The van der Waals surface area contributed by atoms with Crippen LogP contribution in [0.1, 0.15) is 34.6 Å². The molecule has 0 bridgehead atoms. The van der Waals surface area contributed by atoms with E-state index >= 15 is 0 Å². The maximum Gasteiger partial charge on any atom is 0.273 e. The van der Waals surface area contributed by atoms with Crippen LogP contribution in [0.3, 0.4) is 0 Å². The van der Waals surface area contributed by atoms with E-state index in [1.54, 1.807) is 48.5 Å². The van der Waals surface area contributed by atoms with Crippen LogP contribution in [0.15, 0.2) is 48.5 Å². The van der Waals surface area contributed by atoms with Crippen molar-refractivity contribution >= 4 is 29.1 Å². The minimum absolute atomic E-state index is 0.0339. The molecule has 0 aromatic heterocycles. The molecule has 0 fully saturated rings. The topological polar surface area (TPSA) is 88.7 Å². The van der Waals surface area contributed by atoms with Crippen LogP contribution >= 0.6 is 12.2 Å². The first-order valence-electron chi connectivity index (χ1n) is 8.68. The number of rotatable bonds is 6. The Morgan fingerprint density at radius 3 is 2.32 bits per heavy atom. The van der Waals surface area contributed by atoms with E-state index in [1.165, 1.54) is 7.11 Å². The monoisotopic (exact) mass is 401 g/mol. The lowest BCUT2D eigenvalue weighted by atomic mass is 10.2. The zero-order chi connectivity index (χ0) is 20.5. The fourth-order valence-electron chi connectivity index (χ4n) is 2.19. The second-order valence-electron chi connectivity index (χ2n) is 6.29. The van der Waals surface area contributed by atoms with Crippen LogP contribution in [-0.2, 0) is 0 Å². The number of thiocarbonyl (C=S) groups is 1. The number of amides is 2. The molecule has 148 valence electrons. The molecule has 3 N–H and O–H groups in total. The number of carbonyl (C=O) groups is 2. The summed E-state index contributed by atoms with van der Waals surface area (Å²) in [5, 5.41) is 2.46. The highest BCUT2D eigenvalue weighted by Crippen LogP contribution is 2.16. The fraction of sp³-hybridized carbons (Fsp3) is 0.250. The van der Waals surface area contributed by atoms with Crippen molar-refractivity contribution in [3.05, 3.63) is 59.7 Å². The van der Waals surface area contributed by atoms with Crippen LogP contribution in [0.5, 0.6) is 11.5 Å². The van der Waals surface area contributed by atoms with Gasteiger partial charge >= 0.3 is 0 Å². The van der Waals surface area contributed by atoms with Gasteiger partial charge in [-0.2, -0.15) is 0 Å². The molecule has 0 spiro atoms. The highest BCUT2D eigenvalue weighted by molar-refractivity contribution is 7.80. The average Bonchev–Trinajstić information content (AvgIpc) is 2.70. The summed E-state index contributed by atoms with van der Waals surface area (Å²) in [7, 11) is 1.48. The Kier molecular flexibility index (Phi) is 7.76. The second kappa shape index (κ2) is 10.3. The van der Waals surface area contributed by atoms with Gasteiger partial charge in [0.05, 0.1) is 19.3 Å². The smallest absolute Gasteiger partial charge is 0.273 e. The van der Waals surface area contributed by atoms with E-state index in [4.69, 9.17) is 21.7 Å². The molecule has 0 heterocycles. The minimum atomic E-state index is -0.444. The molecule has 0 aliphatic rings. The van der Waals surface area contributed by atoms with Crippen LogP contribution in [-0.4, -0.2) is 30.6 Å². The molecule has 2 aromatic carbocycles. The van der Waals surface area contributed by atoms with E-state index in [0.717, 1.165) is 0 Å². The van der Waals surface area contributed by atoms with Gasteiger partial charge in [0, 0.05) is 5.56 Å². The molecular formula is C20H23N3O4S. The van der Waals surface area contributed by atoms with E-state index in [0.29, 0.717) is 35.2 Å². The Labute approximate surface area is 169 Å². The summed E-state index contributed by atoms with van der Waals surface area (Å²) in [6.07, 6.45) is 0. The molecular weight excluding hydrogens is 378 g/mol. The van der Waals surface area contributed by atoms with Gasteiger partial charge in [-0.15, -0.1) is 0 Å². The number of methoxy groups -OCH3 is 1. The van der Waals surface area contributed by atoms with E-state index in [2.05, 4.69) is 30.0 Å². The minimum Gasteiger partial charge on any atom is -0.496 e.